The highest BCUT2D eigenvalue weighted by molar-refractivity contribution is 7.91. The number of hydrazone groups is 1. The molecule has 1 aromatic carbocycles. The first-order valence-corrected chi connectivity index (χ1v) is 9.64. The minimum Gasteiger partial charge on any atom is -0.321 e. The lowest BCUT2D eigenvalue weighted by atomic mass is 10.1. The van der Waals surface area contributed by atoms with Gasteiger partial charge in [-0.15, -0.1) is 0 Å². The Morgan fingerprint density at radius 1 is 1.25 bits per heavy atom. The van der Waals surface area contributed by atoms with E-state index in [1.165, 1.54) is 5.01 Å². The zero-order valence-corrected chi connectivity index (χ0v) is 14.2. The number of nitrogens with zero attached hydrogens (tertiary/aromatic N) is 2. The number of carbonyl (C=O) groups is 2. The van der Waals surface area contributed by atoms with Crippen LogP contribution in [0.25, 0.3) is 0 Å². The van der Waals surface area contributed by atoms with E-state index in [0.717, 1.165) is 5.56 Å². The van der Waals surface area contributed by atoms with E-state index in [9.17, 15) is 18.0 Å². The maximum Gasteiger partial charge on any atom is 0.271 e. The normalized spacial score (nSPS) is 23.0. The predicted molar refractivity (Wildman–Crippen MR) is 90.4 cm³/mol. The highest BCUT2D eigenvalue weighted by atomic mass is 32.2. The van der Waals surface area contributed by atoms with Crippen LogP contribution in [0.15, 0.2) is 29.4 Å². The third-order valence-electron chi connectivity index (χ3n) is 4.19. The second kappa shape index (κ2) is 6.35. The molecule has 2 aliphatic rings. The molecule has 1 saturated heterocycles. The van der Waals surface area contributed by atoms with Gasteiger partial charge in [-0.3, -0.25) is 9.59 Å². The van der Waals surface area contributed by atoms with Gasteiger partial charge in [0.1, 0.15) is 5.71 Å². The number of rotatable bonds is 3. The largest absolute Gasteiger partial charge is 0.321 e. The second-order valence-corrected chi connectivity index (χ2v) is 8.39. The molecule has 1 unspecified atom stereocenters. The van der Waals surface area contributed by atoms with Crippen molar-refractivity contribution >= 4 is 33.1 Å². The molecule has 128 valence electrons. The SMILES string of the molecule is Cc1ccc(NC(=O)C2=NN(C3CCS(=O)(=O)C3)C(=O)CC2)cc1. The van der Waals surface area contributed by atoms with E-state index in [-0.39, 0.29) is 41.9 Å². The van der Waals surface area contributed by atoms with Crippen molar-refractivity contribution in [3.8, 4) is 0 Å². The first kappa shape index (κ1) is 16.6. The number of anilines is 1. The average molecular weight is 349 g/mol. The van der Waals surface area contributed by atoms with Gasteiger partial charge in [0.15, 0.2) is 9.84 Å². The van der Waals surface area contributed by atoms with E-state index in [1.54, 1.807) is 12.1 Å². The van der Waals surface area contributed by atoms with Crippen LogP contribution in [0.5, 0.6) is 0 Å². The minimum absolute atomic E-state index is 0.0574. The lowest BCUT2D eigenvalue weighted by molar-refractivity contribution is -0.133. The van der Waals surface area contributed by atoms with Crippen LogP contribution >= 0.6 is 0 Å². The van der Waals surface area contributed by atoms with E-state index in [0.29, 0.717) is 12.1 Å². The molecule has 0 spiro atoms. The molecule has 2 aliphatic heterocycles. The first-order chi connectivity index (χ1) is 11.3. The topological polar surface area (TPSA) is 95.9 Å². The predicted octanol–water partition coefficient (Wildman–Crippen LogP) is 1.10. The monoisotopic (exact) mass is 349 g/mol. The molecule has 8 heteroatoms. The zero-order valence-electron chi connectivity index (χ0n) is 13.4. The van der Waals surface area contributed by atoms with Gasteiger partial charge in [0.25, 0.3) is 5.91 Å². The fraction of sp³-hybridized carbons (Fsp3) is 0.438. The van der Waals surface area contributed by atoms with Crippen LogP contribution in [0.2, 0.25) is 0 Å². The third kappa shape index (κ3) is 3.64. The summed E-state index contributed by atoms with van der Waals surface area (Å²) in [5.41, 5.74) is 1.99. The Bertz CT molecular complexity index is 799. The summed E-state index contributed by atoms with van der Waals surface area (Å²) < 4.78 is 23.2. The van der Waals surface area contributed by atoms with Crippen molar-refractivity contribution in [3.63, 3.8) is 0 Å². The van der Waals surface area contributed by atoms with Gasteiger partial charge in [0.2, 0.25) is 5.91 Å². The lowest BCUT2D eigenvalue weighted by Crippen LogP contribution is -2.42. The molecule has 3 rings (SSSR count). The third-order valence-corrected chi connectivity index (χ3v) is 5.94. The molecule has 1 atom stereocenters. The van der Waals surface area contributed by atoms with E-state index in [1.807, 2.05) is 19.1 Å². The van der Waals surface area contributed by atoms with Crippen molar-refractivity contribution in [2.24, 2.45) is 5.10 Å². The molecule has 0 saturated carbocycles. The van der Waals surface area contributed by atoms with Gasteiger partial charge in [-0.2, -0.15) is 5.10 Å². The van der Waals surface area contributed by atoms with E-state index in [2.05, 4.69) is 10.4 Å². The molecule has 1 N–H and O–H groups in total. The summed E-state index contributed by atoms with van der Waals surface area (Å²) in [7, 11) is -3.12. The molecule has 1 aromatic rings. The minimum atomic E-state index is -3.12. The Hall–Kier alpha value is -2.22. The molecule has 7 nitrogen and oxygen atoms in total. The molecule has 0 bridgehead atoms. The molecule has 24 heavy (non-hydrogen) atoms. The quantitative estimate of drug-likeness (QED) is 0.884. The number of sulfone groups is 1. The average Bonchev–Trinajstić information content (AvgIpc) is 2.90. The number of hydrogen-bond donors (Lipinski definition) is 1. The van der Waals surface area contributed by atoms with Gasteiger partial charge in [-0.05, 0) is 25.5 Å². The van der Waals surface area contributed by atoms with Crippen LogP contribution in [0.1, 0.15) is 24.8 Å². The molecular formula is C16H19N3O4S. The number of aryl methyl sites for hydroxylation is 1. The van der Waals surface area contributed by atoms with Crippen LogP contribution in [0.3, 0.4) is 0 Å². The summed E-state index contributed by atoms with van der Waals surface area (Å²) >= 11 is 0. The van der Waals surface area contributed by atoms with Crippen LogP contribution < -0.4 is 5.32 Å². The van der Waals surface area contributed by atoms with Gasteiger partial charge in [0.05, 0.1) is 17.5 Å². The summed E-state index contributed by atoms with van der Waals surface area (Å²) in [6.45, 7) is 1.95. The summed E-state index contributed by atoms with van der Waals surface area (Å²) in [6.07, 6.45) is 0.785. The Morgan fingerprint density at radius 2 is 1.96 bits per heavy atom. The smallest absolute Gasteiger partial charge is 0.271 e. The van der Waals surface area contributed by atoms with Crippen molar-refractivity contribution in [1.82, 2.24) is 5.01 Å². The van der Waals surface area contributed by atoms with Gasteiger partial charge in [-0.25, -0.2) is 13.4 Å². The Balaban J connectivity index is 1.75. The molecule has 2 heterocycles. The van der Waals surface area contributed by atoms with E-state index in [4.69, 9.17) is 0 Å². The van der Waals surface area contributed by atoms with Gasteiger partial charge < -0.3 is 5.32 Å². The molecule has 0 aliphatic carbocycles. The van der Waals surface area contributed by atoms with Gasteiger partial charge >= 0.3 is 0 Å². The highest BCUT2D eigenvalue weighted by Gasteiger charge is 2.37. The first-order valence-electron chi connectivity index (χ1n) is 7.82. The number of benzene rings is 1. The van der Waals surface area contributed by atoms with E-state index < -0.39 is 15.9 Å². The Kier molecular flexibility index (Phi) is 4.40. The van der Waals surface area contributed by atoms with Crippen molar-refractivity contribution in [3.05, 3.63) is 29.8 Å². The van der Waals surface area contributed by atoms with E-state index >= 15 is 0 Å². The summed E-state index contributed by atoms with van der Waals surface area (Å²) in [4.78, 5) is 24.4. The second-order valence-electron chi connectivity index (χ2n) is 6.16. The highest BCUT2D eigenvalue weighted by Crippen LogP contribution is 2.22. The van der Waals surface area contributed by atoms with Crippen molar-refractivity contribution in [2.75, 3.05) is 16.8 Å². The number of nitrogens with one attached hydrogen (secondary N) is 1. The molecule has 1 fully saturated rings. The van der Waals surface area contributed by atoms with Crippen LogP contribution in [-0.4, -0.2) is 48.5 Å². The fourth-order valence-electron chi connectivity index (χ4n) is 2.83. The van der Waals surface area contributed by atoms with Crippen LogP contribution in [0, 0.1) is 6.92 Å². The molecule has 2 amide bonds. The number of carbonyl (C=O) groups excluding carboxylic acids is 2. The zero-order chi connectivity index (χ0) is 17.3. The Morgan fingerprint density at radius 3 is 2.58 bits per heavy atom. The molecular weight excluding hydrogens is 330 g/mol. The molecule has 0 radical (unpaired) electrons. The van der Waals surface area contributed by atoms with Gasteiger partial charge in [-0.1, -0.05) is 17.7 Å². The van der Waals surface area contributed by atoms with Crippen LogP contribution in [-0.2, 0) is 19.4 Å². The van der Waals surface area contributed by atoms with Crippen molar-refractivity contribution in [2.45, 2.75) is 32.2 Å². The van der Waals surface area contributed by atoms with Crippen molar-refractivity contribution in [1.29, 1.82) is 0 Å². The summed E-state index contributed by atoms with van der Waals surface area (Å²) in [6, 6.07) is 6.89. The number of amides is 2. The van der Waals surface area contributed by atoms with Gasteiger partial charge in [0, 0.05) is 18.5 Å². The Labute approximate surface area is 140 Å². The maximum absolute atomic E-state index is 12.3. The van der Waals surface area contributed by atoms with Crippen molar-refractivity contribution < 1.29 is 18.0 Å². The molecule has 0 aromatic heterocycles. The summed E-state index contributed by atoms with van der Waals surface area (Å²) in [5, 5.41) is 8.10. The van der Waals surface area contributed by atoms with Crippen LogP contribution in [0.4, 0.5) is 5.69 Å². The maximum atomic E-state index is 12.3. The standard InChI is InChI=1S/C16H19N3O4S/c1-11-2-4-12(5-3-11)17-16(21)14-6-7-15(20)19(18-14)13-8-9-24(22,23)10-13/h2-5,13H,6-10H2,1H3,(H,17,21). The lowest BCUT2D eigenvalue weighted by Gasteiger charge is -2.27. The number of hydrogen-bond acceptors (Lipinski definition) is 5. The summed E-state index contributed by atoms with van der Waals surface area (Å²) in [5.74, 6) is -0.627. The fourth-order valence-corrected chi connectivity index (χ4v) is 4.52.